The van der Waals surface area contributed by atoms with Crippen LogP contribution in [-0.4, -0.2) is 20.1 Å². The quantitative estimate of drug-likeness (QED) is 0.861. The van der Waals surface area contributed by atoms with Gasteiger partial charge in [-0.1, -0.05) is 6.07 Å². The first-order chi connectivity index (χ1) is 8.54. The van der Waals surface area contributed by atoms with Gasteiger partial charge in [0.25, 0.3) is 0 Å². The average Bonchev–Trinajstić information content (AvgIpc) is 2.28. The van der Waals surface area contributed by atoms with Gasteiger partial charge in [0, 0.05) is 17.6 Å². The van der Waals surface area contributed by atoms with Gasteiger partial charge in [0.05, 0.1) is 6.10 Å². The van der Waals surface area contributed by atoms with Crippen molar-refractivity contribution in [2.75, 3.05) is 0 Å². The highest BCUT2D eigenvalue weighted by Gasteiger charge is 2.05. The van der Waals surface area contributed by atoms with Gasteiger partial charge in [-0.2, -0.15) is 0 Å². The molecule has 0 fully saturated rings. The number of nitrogens with zero attached hydrogens (tertiary/aromatic N) is 3. The average molecular weight is 261 g/mol. The first-order valence-corrected chi connectivity index (χ1v) is 6.50. The lowest BCUT2D eigenvalue weighted by molar-refractivity contribution is 0.198. The van der Waals surface area contributed by atoms with Gasteiger partial charge in [-0.15, -0.1) is 0 Å². The van der Waals surface area contributed by atoms with Crippen LogP contribution in [0.3, 0.4) is 0 Å². The summed E-state index contributed by atoms with van der Waals surface area (Å²) in [6.07, 6.45) is 1.18. The molecule has 2 heterocycles. The monoisotopic (exact) mass is 261 g/mol. The number of aromatic nitrogens is 3. The van der Waals surface area contributed by atoms with E-state index in [1.165, 1.54) is 11.8 Å². The highest BCUT2D eigenvalue weighted by Crippen LogP contribution is 2.24. The van der Waals surface area contributed by atoms with Gasteiger partial charge in [-0.3, -0.25) is 0 Å². The summed E-state index contributed by atoms with van der Waals surface area (Å²) in [5.41, 5.74) is 2.71. The summed E-state index contributed by atoms with van der Waals surface area (Å²) in [5, 5.41) is 10.9. The molecule has 2 aromatic heterocycles. The summed E-state index contributed by atoms with van der Waals surface area (Å²) >= 11 is 1.42. The van der Waals surface area contributed by atoms with Crippen molar-refractivity contribution >= 4 is 11.8 Å². The molecule has 5 heteroatoms. The lowest BCUT2D eigenvalue weighted by atomic mass is 10.2. The number of pyridine rings is 1. The van der Waals surface area contributed by atoms with Gasteiger partial charge in [0.15, 0.2) is 5.16 Å². The molecule has 0 saturated heterocycles. The topological polar surface area (TPSA) is 58.9 Å². The number of aliphatic hydroxyl groups is 1. The number of aryl methyl sites for hydroxylation is 2. The van der Waals surface area contributed by atoms with Crippen LogP contribution in [0.25, 0.3) is 0 Å². The van der Waals surface area contributed by atoms with Gasteiger partial charge in [-0.05, 0) is 50.2 Å². The second-order valence-electron chi connectivity index (χ2n) is 4.14. The minimum Gasteiger partial charge on any atom is -0.389 e. The van der Waals surface area contributed by atoms with Gasteiger partial charge >= 0.3 is 0 Å². The van der Waals surface area contributed by atoms with Crippen molar-refractivity contribution in [2.45, 2.75) is 37.1 Å². The summed E-state index contributed by atoms with van der Waals surface area (Å²) in [7, 11) is 0. The molecule has 2 aromatic rings. The van der Waals surface area contributed by atoms with E-state index in [9.17, 15) is 5.11 Å². The molecule has 0 saturated carbocycles. The van der Waals surface area contributed by atoms with Gasteiger partial charge < -0.3 is 5.11 Å². The zero-order chi connectivity index (χ0) is 13.1. The fraction of sp³-hybridized carbons (Fsp3) is 0.308. The maximum absolute atomic E-state index is 9.41. The molecule has 18 heavy (non-hydrogen) atoms. The molecule has 0 unspecified atom stereocenters. The van der Waals surface area contributed by atoms with Crippen molar-refractivity contribution in [3.05, 3.63) is 41.3 Å². The number of hydrogen-bond donors (Lipinski definition) is 1. The fourth-order valence-electron chi connectivity index (χ4n) is 1.53. The van der Waals surface area contributed by atoms with Crippen molar-refractivity contribution in [3.63, 3.8) is 0 Å². The highest BCUT2D eigenvalue weighted by atomic mass is 32.2. The third-order valence-corrected chi connectivity index (χ3v) is 3.22. The standard InChI is InChI=1S/C13H15N3OS/c1-8-6-9(2)16-13(15-8)18-12-5-4-11(7-14-12)10(3)17/h4-7,10,17H,1-3H3/t10-/m0/s1. The Hall–Kier alpha value is -1.46. The maximum Gasteiger partial charge on any atom is 0.194 e. The molecule has 0 amide bonds. The third-order valence-electron chi connectivity index (χ3n) is 2.40. The summed E-state index contributed by atoms with van der Waals surface area (Å²) in [6, 6.07) is 5.67. The minimum atomic E-state index is -0.492. The Morgan fingerprint density at radius 2 is 1.83 bits per heavy atom. The molecule has 1 atom stereocenters. The van der Waals surface area contributed by atoms with Crippen LogP contribution in [0, 0.1) is 13.8 Å². The van der Waals surface area contributed by atoms with Crippen LogP contribution in [0.5, 0.6) is 0 Å². The van der Waals surface area contributed by atoms with Crippen molar-refractivity contribution < 1.29 is 5.11 Å². The number of aliphatic hydroxyl groups excluding tert-OH is 1. The number of rotatable bonds is 3. The molecule has 0 aromatic carbocycles. The Morgan fingerprint density at radius 1 is 1.17 bits per heavy atom. The molecular formula is C13H15N3OS. The minimum absolute atomic E-state index is 0.492. The highest BCUT2D eigenvalue weighted by molar-refractivity contribution is 7.99. The van der Waals surface area contributed by atoms with Crippen molar-refractivity contribution in [1.29, 1.82) is 0 Å². The van der Waals surface area contributed by atoms with E-state index < -0.39 is 6.10 Å². The van der Waals surface area contributed by atoms with Crippen LogP contribution in [0.15, 0.2) is 34.6 Å². The van der Waals surface area contributed by atoms with E-state index in [-0.39, 0.29) is 0 Å². The Bertz CT molecular complexity index is 520. The van der Waals surface area contributed by atoms with E-state index >= 15 is 0 Å². The fourth-order valence-corrected chi connectivity index (χ4v) is 2.34. The van der Waals surface area contributed by atoms with E-state index in [4.69, 9.17) is 0 Å². The molecule has 1 N–H and O–H groups in total. The zero-order valence-corrected chi connectivity index (χ0v) is 11.4. The largest absolute Gasteiger partial charge is 0.389 e. The van der Waals surface area contributed by atoms with Crippen LogP contribution in [0.4, 0.5) is 0 Å². The Kier molecular flexibility index (Phi) is 3.93. The molecule has 0 radical (unpaired) electrons. The molecule has 0 spiro atoms. The third kappa shape index (κ3) is 3.27. The first kappa shape index (κ1) is 13.0. The predicted octanol–water partition coefficient (Wildman–Crippen LogP) is 2.69. The van der Waals surface area contributed by atoms with Crippen molar-refractivity contribution in [2.24, 2.45) is 0 Å². The summed E-state index contributed by atoms with van der Waals surface area (Å²) in [4.78, 5) is 13.0. The van der Waals surface area contributed by atoms with Crippen LogP contribution >= 0.6 is 11.8 Å². The van der Waals surface area contributed by atoms with Crippen LogP contribution in [-0.2, 0) is 0 Å². The van der Waals surface area contributed by atoms with Gasteiger partial charge in [0.2, 0.25) is 0 Å². The second-order valence-corrected chi connectivity index (χ2v) is 5.13. The Labute approximate surface area is 111 Å². The SMILES string of the molecule is Cc1cc(C)nc(Sc2ccc([C@H](C)O)cn2)n1. The smallest absolute Gasteiger partial charge is 0.194 e. The van der Waals surface area contributed by atoms with Crippen LogP contribution in [0.1, 0.15) is 30.0 Å². The van der Waals surface area contributed by atoms with Crippen LogP contribution < -0.4 is 0 Å². The molecule has 4 nitrogen and oxygen atoms in total. The predicted molar refractivity (Wildman–Crippen MR) is 70.5 cm³/mol. The molecule has 0 aliphatic heterocycles. The van der Waals surface area contributed by atoms with E-state index in [2.05, 4.69) is 15.0 Å². The van der Waals surface area contributed by atoms with Gasteiger partial charge in [0.1, 0.15) is 5.03 Å². The lowest BCUT2D eigenvalue weighted by Gasteiger charge is -2.05. The lowest BCUT2D eigenvalue weighted by Crippen LogP contribution is -1.95. The van der Waals surface area contributed by atoms with E-state index in [0.717, 1.165) is 22.0 Å². The molecule has 0 aliphatic carbocycles. The normalized spacial score (nSPS) is 12.4. The van der Waals surface area contributed by atoms with Crippen molar-refractivity contribution in [3.8, 4) is 0 Å². The Morgan fingerprint density at radius 3 is 2.33 bits per heavy atom. The Balaban J connectivity index is 2.18. The van der Waals surface area contributed by atoms with Gasteiger partial charge in [-0.25, -0.2) is 15.0 Å². The first-order valence-electron chi connectivity index (χ1n) is 5.69. The summed E-state index contributed by atoms with van der Waals surface area (Å²) in [5.74, 6) is 0. The van der Waals surface area contributed by atoms with Crippen molar-refractivity contribution in [1.82, 2.24) is 15.0 Å². The summed E-state index contributed by atoms with van der Waals surface area (Å²) in [6.45, 7) is 5.61. The maximum atomic E-state index is 9.41. The van der Waals surface area contributed by atoms with E-state index in [1.54, 1.807) is 13.1 Å². The molecular weight excluding hydrogens is 246 g/mol. The summed E-state index contributed by atoms with van der Waals surface area (Å²) < 4.78 is 0. The number of hydrogen-bond acceptors (Lipinski definition) is 5. The second kappa shape index (κ2) is 5.46. The molecule has 0 bridgehead atoms. The molecule has 0 aliphatic rings. The molecule has 94 valence electrons. The van der Waals surface area contributed by atoms with E-state index in [0.29, 0.717) is 5.16 Å². The van der Waals surface area contributed by atoms with E-state index in [1.807, 2.05) is 32.0 Å². The zero-order valence-electron chi connectivity index (χ0n) is 10.6. The molecule has 2 rings (SSSR count). The van der Waals surface area contributed by atoms with Crippen LogP contribution in [0.2, 0.25) is 0 Å².